The highest BCUT2D eigenvalue weighted by atomic mass is 16.5. The summed E-state index contributed by atoms with van der Waals surface area (Å²) in [4.78, 5) is 0. The van der Waals surface area contributed by atoms with Gasteiger partial charge < -0.3 is 15.4 Å². The maximum Gasteiger partial charge on any atom is 0.0902 e. The van der Waals surface area contributed by atoms with E-state index in [1.807, 2.05) is 0 Å². The minimum atomic E-state index is 0.121. The highest BCUT2D eigenvalue weighted by Gasteiger charge is 2.31. The monoisotopic (exact) mass is 212 g/mol. The molecule has 0 radical (unpaired) electrons. The van der Waals surface area contributed by atoms with Crippen molar-refractivity contribution in [3.63, 3.8) is 0 Å². The van der Waals surface area contributed by atoms with Crippen LogP contribution in [0.4, 0.5) is 0 Å². The fourth-order valence-electron chi connectivity index (χ4n) is 2.16. The van der Waals surface area contributed by atoms with E-state index in [-0.39, 0.29) is 5.60 Å². The van der Waals surface area contributed by atoms with Crippen LogP contribution in [0.2, 0.25) is 0 Å². The molecule has 2 N–H and O–H groups in total. The van der Waals surface area contributed by atoms with Crippen molar-refractivity contribution in [3.8, 4) is 0 Å². The number of nitrogens with one attached hydrogen (secondary N) is 2. The van der Waals surface area contributed by atoms with E-state index < -0.39 is 0 Å². The van der Waals surface area contributed by atoms with E-state index in [2.05, 4.69) is 17.6 Å². The van der Waals surface area contributed by atoms with E-state index in [4.69, 9.17) is 4.74 Å². The Morgan fingerprint density at radius 2 is 2.13 bits per heavy atom. The molecule has 1 saturated carbocycles. The molecule has 3 heteroatoms. The van der Waals surface area contributed by atoms with Crippen molar-refractivity contribution in [3.05, 3.63) is 0 Å². The smallest absolute Gasteiger partial charge is 0.0902 e. The van der Waals surface area contributed by atoms with Gasteiger partial charge in [-0.1, -0.05) is 19.3 Å². The summed E-state index contributed by atoms with van der Waals surface area (Å²) in [6.07, 6.45) is 5.74. The summed E-state index contributed by atoms with van der Waals surface area (Å²) in [7, 11) is 0. The molecule has 2 fully saturated rings. The lowest BCUT2D eigenvalue weighted by Crippen LogP contribution is -2.59. The molecule has 0 aromatic heterocycles. The van der Waals surface area contributed by atoms with Gasteiger partial charge in [0, 0.05) is 19.6 Å². The van der Waals surface area contributed by atoms with Crippen molar-refractivity contribution in [2.45, 2.75) is 38.2 Å². The first-order valence-electron chi connectivity index (χ1n) is 6.34. The topological polar surface area (TPSA) is 33.3 Å². The van der Waals surface area contributed by atoms with Crippen molar-refractivity contribution in [2.24, 2.45) is 5.92 Å². The molecule has 1 saturated heterocycles. The largest absolute Gasteiger partial charge is 0.371 e. The molecule has 0 bridgehead atoms. The second kappa shape index (κ2) is 5.28. The van der Waals surface area contributed by atoms with Crippen LogP contribution in [0.15, 0.2) is 0 Å². The predicted octanol–water partition coefficient (Wildman–Crippen LogP) is 1.14. The van der Waals surface area contributed by atoms with Crippen LogP contribution >= 0.6 is 0 Å². The molecule has 1 heterocycles. The van der Waals surface area contributed by atoms with E-state index in [9.17, 15) is 0 Å². The van der Waals surface area contributed by atoms with Crippen molar-refractivity contribution in [1.29, 1.82) is 0 Å². The lowest BCUT2D eigenvalue weighted by molar-refractivity contribution is -0.0648. The molecule has 0 spiro atoms. The Balaban J connectivity index is 1.38. The van der Waals surface area contributed by atoms with Gasteiger partial charge in [-0.15, -0.1) is 0 Å². The third kappa shape index (κ3) is 3.44. The second-order valence-electron chi connectivity index (χ2n) is 5.24. The van der Waals surface area contributed by atoms with Crippen LogP contribution in [0.1, 0.15) is 32.6 Å². The molecule has 1 aliphatic heterocycles. The summed E-state index contributed by atoms with van der Waals surface area (Å²) >= 11 is 0. The normalized spacial score (nSPS) is 24.6. The maximum absolute atomic E-state index is 5.79. The van der Waals surface area contributed by atoms with E-state index >= 15 is 0 Å². The van der Waals surface area contributed by atoms with Crippen LogP contribution in [-0.4, -0.2) is 38.4 Å². The van der Waals surface area contributed by atoms with Gasteiger partial charge in [0.15, 0.2) is 0 Å². The predicted molar refractivity (Wildman–Crippen MR) is 62.1 cm³/mol. The van der Waals surface area contributed by atoms with Gasteiger partial charge in [0.1, 0.15) is 0 Å². The zero-order valence-corrected chi connectivity index (χ0v) is 9.85. The molecule has 2 rings (SSSR count). The fourth-order valence-corrected chi connectivity index (χ4v) is 2.16. The maximum atomic E-state index is 5.79. The molecule has 3 nitrogen and oxygen atoms in total. The molecule has 1 aliphatic carbocycles. The molecular weight excluding hydrogens is 188 g/mol. The summed E-state index contributed by atoms with van der Waals surface area (Å²) in [5, 5.41) is 6.70. The van der Waals surface area contributed by atoms with Crippen LogP contribution in [0.5, 0.6) is 0 Å². The fraction of sp³-hybridized carbons (Fsp3) is 1.00. The van der Waals surface area contributed by atoms with Gasteiger partial charge in [-0.25, -0.2) is 0 Å². The van der Waals surface area contributed by atoms with Gasteiger partial charge in [0.2, 0.25) is 0 Å². The Morgan fingerprint density at radius 1 is 1.33 bits per heavy atom. The van der Waals surface area contributed by atoms with E-state index in [1.54, 1.807) is 0 Å². The highest BCUT2D eigenvalue weighted by Crippen LogP contribution is 2.28. The lowest BCUT2D eigenvalue weighted by atomic mass is 9.83. The Kier molecular flexibility index (Phi) is 4.00. The summed E-state index contributed by atoms with van der Waals surface area (Å²) < 4.78 is 5.79. The Morgan fingerprint density at radius 3 is 2.67 bits per heavy atom. The van der Waals surface area contributed by atoms with Gasteiger partial charge in [-0.2, -0.15) is 0 Å². The van der Waals surface area contributed by atoms with Crippen molar-refractivity contribution in [2.75, 3.05) is 32.8 Å². The minimum absolute atomic E-state index is 0.121. The van der Waals surface area contributed by atoms with Crippen molar-refractivity contribution < 1.29 is 4.74 Å². The minimum Gasteiger partial charge on any atom is -0.371 e. The lowest BCUT2D eigenvalue weighted by Gasteiger charge is -2.39. The van der Waals surface area contributed by atoms with Gasteiger partial charge in [0.25, 0.3) is 0 Å². The molecule has 2 aliphatic rings. The van der Waals surface area contributed by atoms with Crippen LogP contribution in [0, 0.1) is 5.92 Å². The quantitative estimate of drug-likeness (QED) is 0.621. The van der Waals surface area contributed by atoms with E-state index in [0.29, 0.717) is 0 Å². The van der Waals surface area contributed by atoms with Gasteiger partial charge in [-0.05, 0) is 25.8 Å². The average molecular weight is 212 g/mol. The number of hydrogen-bond acceptors (Lipinski definition) is 3. The zero-order valence-electron chi connectivity index (χ0n) is 9.85. The molecule has 0 atom stereocenters. The zero-order chi connectivity index (χ0) is 10.6. The van der Waals surface area contributed by atoms with Crippen LogP contribution in [0.3, 0.4) is 0 Å². The number of rotatable bonds is 7. The van der Waals surface area contributed by atoms with Crippen LogP contribution < -0.4 is 10.6 Å². The van der Waals surface area contributed by atoms with Crippen molar-refractivity contribution >= 4 is 0 Å². The summed E-state index contributed by atoms with van der Waals surface area (Å²) in [5.41, 5.74) is 0.121. The van der Waals surface area contributed by atoms with Crippen LogP contribution in [-0.2, 0) is 4.74 Å². The first-order chi connectivity index (χ1) is 7.29. The first kappa shape index (κ1) is 11.4. The standard InChI is InChI=1S/C12H24N2O/c1-12(9-14-10-12)15-8-7-13-6-5-11-3-2-4-11/h11,13-14H,2-10H2,1H3. The first-order valence-corrected chi connectivity index (χ1v) is 6.34. The molecule has 0 aromatic rings. The number of ether oxygens (including phenoxy) is 1. The van der Waals surface area contributed by atoms with Gasteiger partial charge in [-0.3, -0.25) is 0 Å². The Labute approximate surface area is 93.0 Å². The third-order valence-electron chi connectivity index (χ3n) is 3.68. The SMILES string of the molecule is CC1(OCCNCCC2CCC2)CNC1. The van der Waals surface area contributed by atoms with Crippen LogP contribution in [0.25, 0.3) is 0 Å². The molecule has 88 valence electrons. The molecule has 15 heavy (non-hydrogen) atoms. The summed E-state index contributed by atoms with van der Waals surface area (Å²) in [6.45, 7) is 7.22. The molecular formula is C12H24N2O. The van der Waals surface area contributed by atoms with E-state index in [0.717, 1.165) is 32.2 Å². The Bertz CT molecular complexity index is 188. The average Bonchev–Trinajstić information content (AvgIpc) is 2.11. The second-order valence-corrected chi connectivity index (χ2v) is 5.24. The molecule has 0 amide bonds. The van der Waals surface area contributed by atoms with Gasteiger partial charge >= 0.3 is 0 Å². The molecule has 0 unspecified atom stereocenters. The van der Waals surface area contributed by atoms with Gasteiger partial charge in [0.05, 0.1) is 12.2 Å². The summed E-state index contributed by atoms with van der Waals surface area (Å²) in [5.74, 6) is 1.02. The van der Waals surface area contributed by atoms with E-state index in [1.165, 1.54) is 32.2 Å². The Hall–Kier alpha value is -0.120. The number of hydrogen-bond donors (Lipinski definition) is 2. The third-order valence-corrected chi connectivity index (χ3v) is 3.68. The molecule has 0 aromatic carbocycles. The summed E-state index contributed by atoms with van der Waals surface area (Å²) in [6, 6.07) is 0. The van der Waals surface area contributed by atoms with Crippen molar-refractivity contribution in [1.82, 2.24) is 10.6 Å². The highest BCUT2D eigenvalue weighted by molar-refractivity contribution is 4.90.